The van der Waals surface area contributed by atoms with Crippen LogP contribution in [0.4, 0.5) is 5.69 Å². The van der Waals surface area contributed by atoms with E-state index >= 15 is 0 Å². The molecule has 94 valence electrons. The smallest absolute Gasteiger partial charge is 0.240 e. The Morgan fingerprint density at radius 2 is 2.24 bits per heavy atom. The van der Waals surface area contributed by atoms with Gasteiger partial charge in [-0.05, 0) is 40.7 Å². The summed E-state index contributed by atoms with van der Waals surface area (Å²) in [6.45, 7) is 3.10. The number of likely N-dealkylation sites (N-methyl/N-ethyl adjacent to an activating group) is 2. The van der Waals surface area contributed by atoms with E-state index in [0.717, 1.165) is 22.5 Å². The van der Waals surface area contributed by atoms with Gasteiger partial charge in [0, 0.05) is 12.7 Å². The number of hydrogen-bond acceptors (Lipinski definition) is 3. The Morgan fingerprint density at radius 3 is 2.76 bits per heavy atom. The maximum atomic E-state index is 11.8. The number of nitrogens with zero attached hydrogens (tertiary/aromatic N) is 1. The van der Waals surface area contributed by atoms with Gasteiger partial charge >= 0.3 is 0 Å². The SMILES string of the molecule is CCNCC(=O)N(C)c1ccc(OC)c(Br)c1. The second kappa shape index (κ2) is 6.61. The highest BCUT2D eigenvalue weighted by molar-refractivity contribution is 9.10. The van der Waals surface area contributed by atoms with Gasteiger partial charge in [-0.3, -0.25) is 4.79 Å². The molecule has 0 aliphatic rings. The van der Waals surface area contributed by atoms with E-state index in [2.05, 4.69) is 21.2 Å². The zero-order valence-corrected chi connectivity index (χ0v) is 11.9. The summed E-state index contributed by atoms with van der Waals surface area (Å²) < 4.78 is 5.98. The van der Waals surface area contributed by atoms with Crippen molar-refractivity contribution in [1.82, 2.24) is 5.32 Å². The van der Waals surface area contributed by atoms with Gasteiger partial charge in [0.25, 0.3) is 0 Å². The predicted molar refractivity (Wildman–Crippen MR) is 72.6 cm³/mol. The van der Waals surface area contributed by atoms with Crippen LogP contribution in [0.2, 0.25) is 0 Å². The molecule has 0 fully saturated rings. The molecule has 1 aromatic carbocycles. The van der Waals surface area contributed by atoms with E-state index in [1.165, 1.54) is 0 Å². The fourth-order valence-electron chi connectivity index (χ4n) is 1.36. The number of ether oxygens (including phenoxy) is 1. The molecule has 0 heterocycles. The second-order valence-corrected chi connectivity index (χ2v) is 4.41. The first-order chi connectivity index (χ1) is 8.10. The van der Waals surface area contributed by atoms with Gasteiger partial charge in [-0.1, -0.05) is 6.92 Å². The van der Waals surface area contributed by atoms with Crippen LogP contribution < -0.4 is 15.0 Å². The zero-order valence-electron chi connectivity index (χ0n) is 10.3. The van der Waals surface area contributed by atoms with Crippen LogP contribution in [0.25, 0.3) is 0 Å². The molecule has 0 unspecified atom stereocenters. The van der Waals surface area contributed by atoms with Gasteiger partial charge in [0.1, 0.15) is 5.75 Å². The number of amides is 1. The van der Waals surface area contributed by atoms with Crippen molar-refractivity contribution >= 4 is 27.5 Å². The molecule has 0 aliphatic heterocycles. The van der Waals surface area contributed by atoms with Gasteiger partial charge in [0.05, 0.1) is 18.1 Å². The van der Waals surface area contributed by atoms with Gasteiger partial charge in [0.15, 0.2) is 0 Å². The van der Waals surface area contributed by atoms with Crippen molar-refractivity contribution in [2.45, 2.75) is 6.92 Å². The van der Waals surface area contributed by atoms with E-state index in [4.69, 9.17) is 4.74 Å². The van der Waals surface area contributed by atoms with Crippen LogP contribution in [-0.4, -0.2) is 33.2 Å². The molecule has 4 nitrogen and oxygen atoms in total. The van der Waals surface area contributed by atoms with Crippen LogP contribution in [0.5, 0.6) is 5.75 Å². The average Bonchev–Trinajstić information content (AvgIpc) is 2.34. The first-order valence-corrected chi connectivity index (χ1v) is 6.20. The van der Waals surface area contributed by atoms with Crippen molar-refractivity contribution in [3.05, 3.63) is 22.7 Å². The summed E-state index contributed by atoms with van der Waals surface area (Å²) in [6.07, 6.45) is 0. The van der Waals surface area contributed by atoms with Crippen molar-refractivity contribution in [3.8, 4) is 5.75 Å². The molecule has 0 radical (unpaired) electrons. The maximum Gasteiger partial charge on any atom is 0.240 e. The fraction of sp³-hybridized carbons (Fsp3) is 0.417. The van der Waals surface area contributed by atoms with Crippen LogP contribution in [0.1, 0.15) is 6.92 Å². The highest BCUT2D eigenvalue weighted by Gasteiger charge is 2.11. The van der Waals surface area contributed by atoms with E-state index in [1.807, 2.05) is 25.1 Å². The summed E-state index contributed by atoms with van der Waals surface area (Å²) in [5, 5.41) is 3.01. The highest BCUT2D eigenvalue weighted by Crippen LogP contribution is 2.29. The lowest BCUT2D eigenvalue weighted by Gasteiger charge is -2.18. The van der Waals surface area contributed by atoms with Crippen molar-refractivity contribution in [2.75, 3.05) is 32.1 Å². The van der Waals surface area contributed by atoms with Crippen molar-refractivity contribution in [1.29, 1.82) is 0 Å². The lowest BCUT2D eigenvalue weighted by atomic mass is 10.2. The molecule has 0 saturated heterocycles. The zero-order chi connectivity index (χ0) is 12.8. The van der Waals surface area contributed by atoms with Crippen LogP contribution in [0, 0.1) is 0 Å². The van der Waals surface area contributed by atoms with Gasteiger partial charge in [-0.15, -0.1) is 0 Å². The monoisotopic (exact) mass is 300 g/mol. The standard InChI is InChI=1S/C12H17BrN2O2/c1-4-14-8-12(16)15(2)9-5-6-11(17-3)10(13)7-9/h5-7,14H,4,8H2,1-3H3. The average molecular weight is 301 g/mol. The third kappa shape index (κ3) is 3.71. The van der Waals surface area contributed by atoms with Crippen LogP contribution in [-0.2, 0) is 4.79 Å². The molecule has 0 saturated carbocycles. The minimum Gasteiger partial charge on any atom is -0.496 e. The van der Waals surface area contributed by atoms with Crippen LogP contribution in [0.3, 0.4) is 0 Å². The van der Waals surface area contributed by atoms with Gasteiger partial charge < -0.3 is 15.0 Å². The molecular weight excluding hydrogens is 284 g/mol. The number of hydrogen-bond donors (Lipinski definition) is 1. The van der Waals surface area contributed by atoms with Crippen LogP contribution in [0.15, 0.2) is 22.7 Å². The quantitative estimate of drug-likeness (QED) is 0.905. The molecule has 1 rings (SSSR count). The molecule has 5 heteroatoms. The van der Waals surface area contributed by atoms with Crippen molar-refractivity contribution < 1.29 is 9.53 Å². The number of carbonyl (C=O) groups is 1. The van der Waals surface area contributed by atoms with Gasteiger partial charge in [-0.25, -0.2) is 0 Å². The molecule has 0 spiro atoms. The molecule has 1 N–H and O–H groups in total. The molecule has 0 atom stereocenters. The third-order valence-corrected chi connectivity index (χ3v) is 3.04. The Labute approximate surface area is 110 Å². The highest BCUT2D eigenvalue weighted by atomic mass is 79.9. The minimum absolute atomic E-state index is 0.0314. The lowest BCUT2D eigenvalue weighted by molar-refractivity contribution is -0.117. The maximum absolute atomic E-state index is 11.8. The summed E-state index contributed by atoms with van der Waals surface area (Å²) in [5.41, 5.74) is 0.834. The number of carbonyl (C=O) groups excluding carboxylic acids is 1. The number of halogens is 1. The second-order valence-electron chi connectivity index (χ2n) is 3.55. The Kier molecular flexibility index (Phi) is 5.44. The van der Waals surface area contributed by atoms with E-state index in [9.17, 15) is 4.79 Å². The normalized spacial score (nSPS) is 10.1. The number of rotatable bonds is 5. The number of nitrogens with one attached hydrogen (secondary N) is 1. The van der Waals surface area contributed by atoms with Crippen LogP contribution >= 0.6 is 15.9 Å². The lowest BCUT2D eigenvalue weighted by Crippen LogP contribution is -2.35. The first-order valence-electron chi connectivity index (χ1n) is 5.41. The van der Waals surface area contributed by atoms with E-state index in [1.54, 1.807) is 19.1 Å². The number of anilines is 1. The molecule has 0 bridgehead atoms. The van der Waals surface area contributed by atoms with Gasteiger partial charge in [-0.2, -0.15) is 0 Å². The summed E-state index contributed by atoms with van der Waals surface area (Å²) in [5.74, 6) is 0.783. The first kappa shape index (κ1) is 14.0. The molecule has 1 amide bonds. The van der Waals surface area contributed by atoms with Crippen molar-refractivity contribution in [2.24, 2.45) is 0 Å². The summed E-state index contributed by atoms with van der Waals surface area (Å²) in [4.78, 5) is 13.4. The Morgan fingerprint density at radius 1 is 1.53 bits per heavy atom. The minimum atomic E-state index is 0.0314. The fourth-order valence-corrected chi connectivity index (χ4v) is 1.89. The number of methoxy groups -OCH3 is 1. The van der Waals surface area contributed by atoms with E-state index in [0.29, 0.717) is 6.54 Å². The van der Waals surface area contributed by atoms with Crippen molar-refractivity contribution in [3.63, 3.8) is 0 Å². The molecule has 1 aromatic rings. The topological polar surface area (TPSA) is 41.6 Å². The third-order valence-electron chi connectivity index (χ3n) is 2.42. The van der Waals surface area contributed by atoms with Gasteiger partial charge in [0.2, 0.25) is 5.91 Å². The molecule has 17 heavy (non-hydrogen) atoms. The Balaban J connectivity index is 2.78. The molecule has 0 aliphatic carbocycles. The summed E-state index contributed by atoms with van der Waals surface area (Å²) in [6, 6.07) is 5.55. The summed E-state index contributed by atoms with van der Waals surface area (Å²) in [7, 11) is 3.37. The van der Waals surface area contributed by atoms with E-state index in [-0.39, 0.29) is 5.91 Å². The van der Waals surface area contributed by atoms with E-state index < -0.39 is 0 Å². The predicted octanol–water partition coefficient (Wildman–Crippen LogP) is 2.03. The largest absolute Gasteiger partial charge is 0.496 e. The summed E-state index contributed by atoms with van der Waals surface area (Å²) >= 11 is 3.40. The Bertz CT molecular complexity index is 396. The Hall–Kier alpha value is -1.07. The number of benzene rings is 1. The molecule has 0 aromatic heterocycles. The molecular formula is C12H17BrN2O2.